The maximum Gasteiger partial charge on any atom is 0.338 e. The normalized spacial score (nSPS) is 30.9. The van der Waals surface area contributed by atoms with Gasteiger partial charge in [0.15, 0.2) is 12.4 Å². The van der Waals surface area contributed by atoms with Crippen LogP contribution in [0, 0.1) is 0 Å². The van der Waals surface area contributed by atoms with E-state index < -0.39 is 24.5 Å². The molecule has 0 unspecified atom stereocenters. The summed E-state index contributed by atoms with van der Waals surface area (Å²) in [5.74, 6) is -0.496. The number of hydrogen-bond donors (Lipinski definition) is 1. The van der Waals surface area contributed by atoms with Gasteiger partial charge in [-0.2, -0.15) is 0 Å². The molecule has 1 aliphatic rings. The fourth-order valence-corrected chi connectivity index (χ4v) is 2.11. The molecule has 1 aromatic rings. The van der Waals surface area contributed by atoms with Crippen LogP contribution in [0.15, 0.2) is 30.3 Å². The van der Waals surface area contributed by atoms with Gasteiger partial charge in [-0.15, -0.1) is 0 Å². The van der Waals surface area contributed by atoms with Gasteiger partial charge in [0.25, 0.3) is 0 Å². The van der Waals surface area contributed by atoms with Gasteiger partial charge in [-0.1, -0.05) is 18.2 Å². The predicted molar refractivity (Wildman–Crippen MR) is 67.6 cm³/mol. The van der Waals surface area contributed by atoms with E-state index in [9.17, 15) is 9.90 Å². The third-order valence-corrected chi connectivity index (χ3v) is 3.07. The number of methoxy groups -OCH3 is 1. The van der Waals surface area contributed by atoms with Gasteiger partial charge in [0.2, 0.25) is 0 Å². The summed E-state index contributed by atoms with van der Waals surface area (Å²) in [5, 5.41) is 10.00. The second-order valence-electron chi connectivity index (χ2n) is 4.59. The van der Waals surface area contributed by atoms with Gasteiger partial charge in [-0.3, -0.25) is 0 Å². The van der Waals surface area contributed by atoms with Crippen molar-refractivity contribution in [3.05, 3.63) is 35.9 Å². The molecular formula is C14H18O5. The third-order valence-electron chi connectivity index (χ3n) is 3.07. The molecule has 104 valence electrons. The molecule has 5 nitrogen and oxygen atoms in total. The standard InChI is InChI=1S/C14H18O5/c1-9-8-11(15)12(14(17-2)18-9)19-13(16)10-6-4-3-5-7-10/h3-7,9,11-12,14-15H,8H2,1-2H3/t9-,11-,12-,14+/m1/s1. The van der Waals surface area contributed by atoms with Crippen LogP contribution in [0.4, 0.5) is 0 Å². The monoisotopic (exact) mass is 266 g/mol. The van der Waals surface area contributed by atoms with Gasteiger partial charge >= 0.3 is 5.97 Å². The van der Waals surface area contributed by atoms with E-state index in [1.54, 1.807) is 24.3 Å². The van der Waals surface area contributed by atoms with Crippen LogP contribution in [0.5, 0.6) is 0 Å². The van der Waals surface area contributed by atoms with Crippen molar-refractivity contribution in [1.82, 2.24) is 0 Å². The average Bonchev–Trinajstić information content (AvgIpc) is 2.42. The molecule has 0 amide bonds. The summed E-state index contributed by atoms with van der Waals surface area (Å²) < 4.78 is 15.9. The Bertz CT molecular complexity index is 419. The molecule has 0 aromatic heterocycles. The topological polar surface area (TPSA) is 65.0 Å². The fourth-order valence-electron chi connectivity index (χ4n) is 2.11. The smallest absolute Gasteiger partial charge is 0.338 e. The Morgan fingerprint density at radius 2 is 2.05 bits per heavy atom. The minimum absolute atomic E-state index is 0.133. The van der Waals surface area contributed by atoms with Crippen LogP contribution < -0.4 is 0 Å². The lowest BCUT2D eigenvalue weighted by Gasteiger charge is -2.36. The summed E-state index contributed by atoms with van der Waals surface area (Å²) in [7, 11) is 1.46. The van der Waals surface area contributed by atoms with Crippen molar-refractivity contribution in [3.63, 3.8) is 0 Å². The number of esters is 1. The number of carbonyl (C=O) groups is 1. The predicted octanol–water partition coefficient (Wildman–Crippen LogP) is 1.35. The van der Waals surface area contributed by atoms with Crippen molar-refractivity contribution in [2.75, 3.05) is 7.11 Å². The Balaban J connectivity index is 2.06. The Hall–Kier alpha value is -1.43. The molecule has 4 atom stereocenters. The largest absolute Gasteiger partial charge is 0.451 e. The molecule has 0 radical (unpaired) electrons. The maximum atomic E-state index is 12.0. The zero-order valence-electron chi connectivity index (χ0n) is 11.0. The highest BCUT2D eigenvalue weighted by atomic mass is 16.7. The first-order valence-electron chi connectivity index (χ1n) is 6.24. The molecule has 5 heteroatoms. The van der Waals surface area contributed by atoms with E-state index >= 15 is 0 Å². The minimum atomic E-state index is -0.811. The number of aliphatic hydroxyl groups excluding tert-OH is 1. The molecule has 0 saturated carbocycles. The Kier molecular flexibility index (Phi) is 4.52. The third kappa shape index (κ3) is 3.32. The molecule has 1 N–H and O–H groups in total. The van der Waals surface area contributed by atoms with Crippen LogP contribution in [0.25, 0.3) is 0 Å². The zero-order chi connectivity index (χ0) is 13.8. The number of carbonyl (C=O) groups excluding carboxylic acids is 1. The van der Waals surface area contributed by atoms with Gasteiger partial charge in [0.05, 0.1) is 17.8 Å². The van der Waals surface area contributed by atoms with Crippen molar-refractivity contribution in [2.24, 2.45) is 0 Å². The van der Waals surface area contributed by atoms with Crippen molar-refractivity contribution in [1.29, 1.82) is 0 Å². The van der Waals surface area contributed by atoms with E-state index in [2.05, 4.69) is 0 Å². The molecule has 1 heterocycles. The first-order valence-corrected chi connectivity index (χ1v) is 6.24. The lowest BCUT2D eigenvalue weighted by atomic mass is 10.0. The van der Waals surface area contributed by atoms with Gasteiger partial charge in [-0.25, -0.2) is 4.79 Å². The Labute approximate surface area is 112 Å². The van der Waals surface area contributed by atoms with Gasteiger partial charge < -0.3 is 19.3 Å². The van der Waals surface area contributed by atoms with Crippen molar-refractivity contribution < 1.29 is 24.1 Å². The highest BCUT2D eigenvalue weighted by Crippen LogP contribution is 2.24. The van der Waals surface area contributed by atoms with E-state index in [1.807, 2.05) is 13.0 Å². The Morgan fingerprint density at radius 1 is 1.37 bits per heavy atom. The number of aliphatic hydroxyl groups is 1. The van der Waals surface area contributed by atoms with Crippen LogP contribution in [0.3, 0.4) is 0 Å². The molecule has 1 saturated heterocycles. The second kappa shape index (κ2) is 6.14. The van der Waals surface area contributed by atoms with Crippen LogP contribution >= 0.6 is 0 Å². The van der Waals surface area contributed by atoms with E-state index in [4.69, 9.17) is 14.2 Å². The minimum Gasteiger partial charge on any atom is -0.451 e. The molecule has 0 spiro atoms. The van der Waals surface area contributed by atoms with Crippen LogP contribution in [-0.4, -0.2) is 42.8 Å². The van der Waals surface area contributed by atoms with Crippen molar-refractivity contribution >= 4 is 5.97 Å². The maximum absolute atomic E-state index is 12.0. The SMILES string of the molecule is CO[C@H]1O[C@H](C)C[C@@H](O)[C@H]1OC(=O)c1ccccc1. The summed E-state index contributed by atoms with van der Waals surface area (Å²) in [6.07, 6.45) is -2.07. The quantitative estimate of drug-likeness (QED) is 0.837. The Morgan fingerprint density at radius 3 is 2.68 bits per heavy atom. The lowest BCUT2D eigenvalue weighted by molar-refractivity contribution is -0.253. The molecule has 1 fully saturated rings. The van der Waals surface area contributed by atoms with Crippen molar-refractivity contribution in [3.8, 4) is 0 Å². The molecule has 0 aliphatic carbocycles. The number of hydrogen-bond acceptors (Lipinski definition) is 5. The molecule has 19 heavy (non-hydrogen) atoms. The number of benzene rings is 1. The van der Waals surface area contributed by atoms with E-state index in [0.717, 1.165) is 0 Å². The van der Waals surface area contributed by atoms with Crippen LogP contribution in [0.1, 0.15) is 23.7 Å². The summed E-state index contributed by atoms with van der Waals surface area (Å²) in [6, 6.07) is 8.63. The van der Waals surface area contributed by atoms with Crippen LogP contribution in [0.2, 0.25) is 0 Å². The van der Waals surface area contributed by atoms with Crippen molar-refractivity contribution in [2.45, 2.75) is 37.9 Å². The summed E-state index contributed by atoms with van der Waals surface area (Å²) >= 11 is 0. The van der Waals surface area contributed by atoms with E-state index in [1.165, 1.54) is 7.11 Å². The van der Waals surface area contributed by atoms with Gasteiger partial charge in [0.1, 0.15) is 0 Å². The van der Waals surface area contributed by atoms with Crippen LogP contribution in [-0.2, 0) is 14.2 Å². The molecule has 2 rings (SSSR count). The summed E-state index contributed by atoms with van der Waals surface area (Å²) in [4.78, 5) is 12.0. The van der Waals surface area contributed by atoms with E-state index in [0.29, 0.717) is 12.0 Å². The highest BCUT2D eigenvalue weighted by molar-refractivity contribution is 5.89. The first kappa shape index (κ1) is 14.0. The summed E-state index contributed by atoms with van der Waals surface area (Å²) in [6.45, 7) is 1.84. The molecule has 0 bridgehead atoms. The first-order chi connectivity index (χ1) is 9.11. The fraction of sp³-hybridized carbons (Fsp3) is 0.500. The molecule has 1 aliphatic heterocycles. The second-order valence-corrected chi connectivity index (χ2v) is 4.59. The number of rotatable bonds is 3. The average molecular weight is 266 g/mol. The van der Waals surface area contributed by atoms with Gasteiger partial charge in [-0.05, 0) is 19.1 Å². The lowest BCUT2D eigenvalue weighted by Crippen LogP contribution is -2.50. The zero-order valence-corrected chi connectivity index (χ0v) is 11.0. The van der Waals surface area contributed by atoms with E-state index in [-0.39, 0.29) is 6.10 Å². The van der Waals surface area contributed by atoms with Gasteiger partial charge in [0, 0.05) is 13.5 Å². The summed E-state index contributed by atoms with van der Waals surface area (Å²) in [5.41, 5.74) is 0.433. The molecule has 1 aromatic carbocycles. The molecular weight excluding hydrogens is 248 g/mol. The highest BCUT2D eigenvalue weighted by Gasteiger charge is 2.39. The number of ether oxygens (including phenoxy) is 3.